The Morgan fingerprint density at radius 1 is 0.588 bits per heavy atom. The number of benzene rings is 2. The fraction of sp³-hybridized carbons (Fsp3) is 0.619. The monoisotopic (exact) mass is 698 g/mol. The molecule has 0 saturated carbocycles. The van der Waals surface area contributed by atoms with E-state index in [0.29, 0.717) is 13.1 Å². The maximum atomic E-state index is 7.94. The summed E-state index contributed by atoms with van der Waals surface area (Å²) in [7, 11) is 0. The molecule has 6 aliphatic rings. The van der Waals surface area contributed by atoms with Crippen LogP contribution in [0, 0.1) is 41.5 Å². The van der Waals surface area contributed by atoms with Crippen LogP contribution < -0.4 is 10.6 Å². The molecule has 51 heavy (non-hydrogen) atoms. The molecule has 0 radical (unpaired) electrons. The van der Waals surface area contributed by atoms with E-state index in [9.17, 15) is 0 Å². The molecule has 2 spiro atoms. The molecule has 0 aliphatic carbocycles. The van der Waals surface area contributed by atoms with Gasteiger partial charge in [0, 0.05) is 24.0 Å². The lowest BCUT2D eigenvalue weighted by Crippen LogP contribution is -2.56. The van der Waals surface area contributed by atoms with Crippen LogP contribution in [-0.4, -0.2) is 86.3 Å². The summed E-state index contributed by atoms with van der Waals surface area (Å²) < 4.78 is 20.2. The highest BCUT2D eigenvalue weighted by atomic mass is 16.8. The molecule has 2 N–H and O–H groups in total. The normalized spacial score (nSPS) is 26.8. The first-order valence-electron chi connectivity index (χ1n) is 19.5. The molecular weight excluding hydrogens is 640 g/mol. The van der Waals surface area contributed by atoms with Gasteiger partial charge in [-0.1, -0.05) is 35.4 Å². The van der Waals surface area contributed by atoms with Gasteiger partial charge in [0.1, 0.15) is 22.6 Å². The summed E-state index contributed by atoms with van der Waals surface area (Å²) in [5.74, 6) is 2.09. The Hall–Kier alpha value is -2.60. The van der Waals surface area contributed by atoms with Gasteiger partial charge in [0.05, 0.1) is 26.3 Å². The molecule has 2 aromatic carbocycles. The standard InChI is InChI=1S/C42H58N4O5/c1-27-21-29(3)37(30(4)22-27)33-25-45(50-35-9-7-19-47-35)41(11-15-43-16-12-41)39(33)49-40-34(38-31(5)23-28(2)24-32(38)6)26-46(51-36-10-8-20-48-36)42(40)13-17-44-18-14-42/h21-24,35-36,43-44H,7-20,25-26H2,1-6H3. The second-order valence-electron chi connectivity index (χ2n) is 16.0. The lowest BCUT2D eigenvalue weighted by atomic mass is 9.82. The molecule has 2 aromatic rings. The zero-order valence-corrected chi connectivity index (χ0v) is 31.7. The van der Waals surface area contributed by atoms with Gasteiger partial charge in [-0.25, -0.2) is 0 Å². The largest absolute Gasteiger partial charge is 0.461 e. The third-order valence-corrected chi connectivity index (χ3v) is 12.2. The van der Waals surface area contributed by atoms with Gasteiger partial charge in [-0.2, -0.15) is 10.1 Å². The summed E-state index contributed by atoms with van der Waals surface area (Å²) in [6.45, 7) is 19.8. The first-order chi connectivity index (χ1) is 24.7. The number of aryl methyl sites for hydroxylation is 6. The van der Waals surface area contributed by atoms with Crippen molar-refractivity contribution in [3.63, 3.8) is 0 Å². The highest BCUT2D eigenvalue weighted by Gasteiger charge is 2.57. The van der Waals surface area contributed by atoms with Gasteiger partial charge in [-0.05, 0) is 140 Å². The van der Waals surface area contributed by atoms with Crippen molar-refractivity contribution in [2.75, 3.05) is 52.5 Å². The molecule has 9 nitrogen and oxygen atoms in total. The summed E-state index contributed by atoms with van der Waals surface area (Å²) >= 11 is 0. The zero-order chi connectivity index (χ0) is 35.3. The van der Waals surface area contributed by atoms with Crippen LogP contribution in [0.25, 0.3) is 11.1 Å². The quantitative estimate of drug-likeness (QED) is 0.314. The van der Waals surface area contributed by atoms with Gasteiger partial charge >= 0.3 is 0 Å². The van der Waals surface area contributed by atoms with Gasteiger partial charge in [-0.3, -0.25) is 9.68 Å². The Bertz CT molecular complexity index is 1520. The average Bonchev–Trinajstić information content (AvgIpc) is 3.90. The molecule has 9 heteroatoms. The van der Waals surface area contributed by atoms with E-state index in [1.54, 1.807) is 0 Å². The topological polar surface area (TPSA) is 76.7 Å². The highest BCUT2D eigenvalue weighted by Crippen LogP contribution is 2.53. The molecule has 6 aliphatic heterocycles. The number of hydroxylamine groups is 4. The Balaban J connectivity index is 1.34. The minimum Gasteiger partial charge on any atom is -0.461 e. The molecule has 276 valence electrons. The molecule has 0 amide bonds. The smallest absolute Gasteiger partial charge is 0.177 e. The molecule has 8 rings (SSSR count). The molecule has 2 atom stereocenters. The van der Waals surface area contributed by atoms with E-state index in [0.717, 1.165) is 102 Å². The van der Waals surface area contributed by atoms with E-state index in [-0.39, 0.29) is 12.6 Å². The Kier molecular flexibility index (Phi) is 9.95. The van der Waals surface area contributed by atoms with Crippen LogP contribution in [0.2, 0.25) is 0 Å². The third-order valence-electron chi connectivity index (χ3n) is 12.2. The summed E-state index contributed by atoms with van der Waals surface area (Å²) in [5, 5.41) is 11.8. The van der Waals surface area contributed by atoms with Crippen molar-refractivity contribution < 1.29 is 23.9 Å². The second-order valence-corrected chi connectivity index (χ2v) is 16.0. The number of piperidine rings is 2. The first-order valence-corrected chi connectivity index (χ1v) is 19.5. The van der Waals surface area contributed by atoms with Gasteiger partial charge < -0.3 is 24.8 Å². The molecule has 4 fully saturated rings. The van der Waals surface area contributed by atoms with Crippen molar-refractivity contribution >= 4 is 11.1 Å². The lowest BCUT2D eigenvalue weighted by molar-refractivity contribution is -0.300. The Labute approximate surface area is 304 Å². The summed E-state index contributed by atoms with van der Waals surface area (Å²) in [5.41, 5.74) is 11.8. The van der Waals surface area contributed by atoms with Crippen LogP contribution in [-0.2, 0) is 23.9 Å². The Morgan fingerprint density at radius 2 is 0.961 bits per heavy atom. The van der Waals surface area contributed by atoms with Crippen molar-refractivity contribution in [1.29, 1.82) is 0 Å². The van der Waals surface area contributed by atoms with Crippen molar-refractivity contribution in [2.24, 2.45) is 0 Å². The van der Waals surface area contributed by atoms with Crippen molar-refractivity contribution in [1.82, 2.24) is 20.8 Å². The summed E-state index contributed by atoms with van der Waals surface area (Å²) in [6, 6.07) is 9.26. The van der Waals surface area contributed by atoms with E-state index < -0.39 is 11.1 Å². The van der Waals surface area contributed by atoms with Gasteiger partial charge in [-0.15, -0.1) is 0 Å². The molecule has 4 saturated heterocycles. The zero-order valence-electron chi connectivity index (χ0n) is 31.7. The van der Waals surface area contributed by atoms with Crippen LogP contribution in [0.5, 0.6) is 0 Å². The molecule has 0 bridgehead atoms. The van der Waals surface area contributed by atoms with E-state index in [1.807, 2.05) is 0 Å². The van der Waals surface area contributed by atoms with Crippen molar-refractivity contribution in [3.05, 3.63) is 80.3 Å². The molecule has 6 heterocycles. The van der Waals surface area contributed by atoms with Crippen molar-refractivity contribution in [2.45, 2.75) is 117 Å². The fourth-order valence-corrected chi connectivity index (χ4v) is 10.1. The number of hydrogen-bond acceptors (Lipinski definition) is 9. The van der Waals surface area contributed by atoms with Crippen LogP contribution >= 0.6 is 0 Å². The summed E-state index contributed by atoms with van der Waals surface area (Å²) in [6.07, 6.45) is 6.95. The van der Waals surface area contributed by atoms with Gasteiger partial charge in [0.15, 0.2) is 12.6 Å². The highest BCUT2D eigenvalue weighted by molar-refractivity contribution is 5.80. The van der Waals surface area contributed by atoms with Crippen LogP contribution in [0.1, 0.15) is 95.9 Å². The number of rotatable bonds is 8. The molecule has 2 unspecified atom stereocenters. The van der Waals surface area contributed by atoms with Crippen molar-refractivity contribution in [3.8, 4) is 0 Å². The van der Waals surface area contributed by atoms with Crippen LogP contribution in [0.3, 0.4) is 0 Å². The number of hydrogen-bond donors (Lipinski definition) is 2. The number of nitrogens with one attached hydrogen (secondary N) is 2. The van der Waals surface area contributed by atoms with E-state index in [4.69, 9.17) is 23.9 Å². The minimum absolute atomic E-state index is 0.234. The first kappa shape index (κ1) is 35.4. The number of ether oxygens (including phenoxy) is 3. The Morgan fingerprint density at radius 3 is 1.29 bits per heavy atom. The van der Waals surface area contributed by atoms with E-state index in [1.165, 1.54) is 55.7 Å². The second kappa shape index (κ2) is 14.3. The predicted octanol–water partition coefficient (Wildman–Crippen LogP) is 6.69. The van der Waals surface area contributed by atoms with Crippen LogP contribution in [0.4, 0.5) is 0 Å². The average molecular weight is 699 g/mol. The lowest BCUT2D eigenvalue weighted by Gasteiger charge is -2.46. The SMILES string of the molecule is Cc1cc(C)c(C2=C(OC3=C(c4c(C)cc(C)cc4C)CN(OC4CCCO4)C34CCNCC4)C3(CCNCC3)N(OC3CCCO3)C2)c(C)c1. The molecule has 0 aromatic heterocycles. The van der Waals surface area contributed by atoms with Gasteiger partial charge in [0.25, 0.3) is 0 Å². The maximum absolute atomic E-state index is 7.94. The van der Waals surface area contributed by atoms with Crippen LogP contribution in [0.15, 0.2) is 35.8 Å². The maximum Gasteiger partial charge on any atom is 0.177 e. The summed E-state index contributed by atoms with van der Waals surface area (Å²) in [4.78, 5) is 13.8. The molecular formula is C42H58N4O5. The van der Waals surface area contributed by atoms with E-state index >= 15 is 0 Å². The third kappa shape index (κ3) is 6.42. The van der Waals surface area contributed by atoms with Gasteiger partial charge in [0.2, 0.25) is 0 Å². The van der Waals surface area contributed by atoms with E-state index in [2.05, 4.69) is 86.6 Å². The number of nitrogens with zero attached hydrogens (tertiary/aromatic N) is 2. The fourth-order valence-electron chi connectivity index (χ4n) is 10.1. The minimum atomic E-state index is -0.442. The predicted molar refractivity (Wildman–Crippen MR) is 199 cm³/mol.